The number of nitrogens with one attached hydrogen (secondary N) is 1. The molecule has 11 heteroatoms. The molecular weight excluding hydrogens is 400 g/mol. The van der Waals surface area contributed by atoms with Crippen LogP contribution in [0.5, 0.6) is 11.5 Å². The van der Waals surface area contributed by atoms with Gasteiger partial charge in [-0.2, -0.15) is 5.10 Å². The van der Waals surface area contributed by atoms with Crippen molar-refractivity contribution in [2.75, 3.05) is 19.0 Å². The molecule has 0 bridgehead atoms. The molecule has 0 aliphatic carbocycles. The summed E-state index contributed by atoms with van der Waals surface area (Å²) >= 11 is 0. The molecule has 0 saturated heterocycles. The Kier molecular flexibility index (Phi) is 6.75. The lowest BCUT2D eigenvalue weighted by atomic mass is 10.1. The molecule has 0 radical (unpaired) electrons. The van der Waals surface area contributed by atoms with E-state index in [4.69, 9.17) is 14.6 Å². The Morgan fingerprint density at radius 2 is 1.93 bits per heavy atom. The zero-order valence-corrected chi connectivity index (χ0v) is 16.3. The van der Waals surface area contributed by atoms with Gasteiger partial charge in [-0.1, -0.05) is 0 Å². The molecule has 0 saturated carbocycles. The summed E-state index contributed by atoms with van der Waals surface area (Å²) in [7, 11) is 1.30. The lowest BCUT2D eigenvalue weighted by molar-refractivity contribution is 0.0783. The third-order valence-electron chi connectivity index (χ3n) is 4.17. The van der Waals surface area contributed by atoms with E-state index in [0.717, 1.165) is 0 Å². The molecule has 0 amide bonds. The first-order chi connectivity index (χ1) is 14.4. The summed E-state index contributed by atoms with van der Waals surface area (Å²) in [4.78, 5) is 8.17. The number of rotatable bonds is 9. The zero-order valence-electron chi connectivity index (χ0n) is 16.3. The number of benzene rings is 1. The Bertz CT molecular complexity index is 997. The third kappa shape index (κ3) is 4.99. The van der Waals surface area contributed by atoms with E-state index in [0.29, 0.717) is 5.69 Å². The van der Waals surface area contributed by atoms with Crippen LogP contribution in [0.25, 0.3) is 0 Å². The van der Waals surface area contributed by atoms with Gasteiger partial charge in [-0.05, 0) is 18.6 Å². The molecule has 0 aliphatic heterocycles. The number of methoxy groups -OCH3 is 1. The largest absolute Gasteiger partial charge is 0.494 e. The minimum Gasteiger partial charge on any atom is -0.494 e. The quantitative estimate of drug-likeness (QED) is 0.480. The Hall–Kier alpha value is -3.31. The summed E-state index contributed by atoms with van der Waals surface area (Å²) in [5.74, 6) is -1.10. The average molecular weight is 421 g/mol. The minimum atomic E-state index is -0.909. The van der Waals surface area contributed by atoms with Gasteiger partial charge in [-0.3, -0.25) is 4.68 Å². The van der Waals surface area contributed by atoms with Crippen LogP contribution in [0.3, 0.4) is 0 Å². The molecule has 9 nitrogen and oxygen atoms in total. The summed E-state index contributed by atoms with van der Waals surface area (Å²) in [5.41, 5.74) is 0.575. The number of aromatic nitrogens is 4. The lowest BCUT2D eigenvalue weighted by Crippen LogP contribution is -2.19. The molecule has 0 aliphatic rings. The second-order valence-corrected chi connectivity index (χ2v) is 6.45. The summed E-state index contributed by atoms with van der Waals surface area (Å²) in [6.45, 7) is 0.932. The van der Waals surface area contributed by atoms with Crippen LogP contribution in [0.1, 0.15) is 11.1 Å². The molecule has 3 N–H and O–H groups in total. The van der Waals surface area contributed by atoms with Gasteiger partial charge < -0.3 is 25.0 Å². The first-order valence-corrected chi connectivity index (χ1v) is 8.96. The van der Waals surface area contributed by atoms with Gasteiger partial charge in [0.1, 0.15) is 12.4 Å². The van der Waals surface area contributed by atoms with Crippen LogP contribution in [0, 0.1) is 18.6 Å². The van der Waals surface area contributed by atoms with Crippen molar-refractivity contribution < 1.29 is 28.5 Å². The highest BCUT2D eigenvalue weighted by molar-refractivity contribution is 5.50. The molecule has 3 aromatic rings. The molecule has 2 heterocycles. The van der Waals surface area contributed by atoms with Crippen molar-refractivity contribution in [3.8, 4) is 11.5 Å². The van der Waals surface area contributed by atoms with E-state index >= 15 is 0 Å². The highest BCUT2D eigenvalue weighted by Gasteiger charge is 2.18. The molecule has 30 heavy (non-hydrogen) atoms. The van der Waals surface area contributed by atoms with Crippen molar-refractivity contribution in [2.24, 2.45) is 0 Å². The predicted octanol–water partition coefficient (Wildman–Crippen LogP) is 1.94. The van der Waals surface area contributed by atoms with E-state index in [1.165, 1.54) is 43.4 Å². The zero-order chi connectivity index (χ0) is 21.7. The molecule has 0 unspecified atom stereocenters. The first-order valence-electron chi connectivity index (χ1n) is 8.96. The van der Waals surface area contributed by atoms with E-state index < -0.39 is 17.7 Å². The number of aliphatic hydroxyl groups excluding tert-OH is 2. The van der Waals surface area contributed by atoms with Crippen LogP contribution in [-0.4, -0.2) is 49.8 Å². The van der Waals surface area contributed by atoms with Crippen molar-refractivity contribution >= 4 is 11.6 Å². The number of hydrogen-bond acceptors (Lipinski definition) is 8. The topological polar surface area (TPSA) is 115 Å². The maximum absolute atomic E-state index is 14.3. The monoisotopic (exact) mass is 421 g/mol. The van der Waals surface area contributed by atoms with E-state index in [2.05, 4.69) is 20.4 Å². The third-order valence-corrected chi connectivity index (χ3v) is 4.17. The summed E-state index contributed by atoms with van der Waals surface area (Å²) in [5, 5.41) is 25.2. The smallest absolute Gasteiger partial charge is 0.227 e. The normalized spacial score (nSPS) is 11.9. The highest BCUT2D eigenvalue weighted by atomic mass is 19.1. The second-order valence-electron chi connectivity index (χ2n) is 6.45. The van der Waals surface area contributed by atoms with Crippen LogP contribution in [-0.2, 0) is 13.2 Å². The molecule has 2 aromatic heterocycles. The van der Waals surface area contributed by atoms with E-state index in [1.807, 2.05) is 0 Å². The summed E-state index contributed by atoms with van der Waals surface area (Å²) < 4.78 is 40.3. The fourth-order valence-electron chi connectivity index (χ4n) is 2.62. The van der Waals surface area contributed by atoms with Crippen LogP contribution in [0.15, 0.2) is 30.9 Å². The molecule has 3 rings (SSSR count). The van der Waals surface area contributed by atoms with Crippen molar-refractivity contribution in [1.29, 1.82) is 0 Å². The Morgan fingerprint density at radius 3 is 2.60 bits per heavy atom. The molecule has 160 valence electrons. The van der Waals surface area contributed by atoms with Gasteiger partial charge in [-0.25, -0.2) is 18.7 Å². The number of nitrogens with zero attached hydrogens (tertiary/aromatic N) is 4. The maximum atomic E-state index is 14.3. The van der Waals surface area contributed by atoms with Gasteiger partial charge in [0.15, 0.2) is 17.3 Å². The summed E-state index contributed by atoms with van der Waals surface area (Å²) in [6, 6.07) is 1.28. The van der Waals surface area contributed by atoms with Crippen molar-refractivity contribution in [3.05, 3.63) is 53.6 Å². The van der Waals surface area contributed by atoms with Gasteiger partial charge in [0.25, 0.3) is 0 Å². The van der Waals surface area contributed by atoms with E-state index in [-0.39, 0.29) is 48.3 Å². The number of aryl methyl sites for hydroxylation is 1. The van der Waals surface area contributed by atoms with Crippen molar-refractivity contribution in [2.45, 2.75) is 26.2 Å². The molecule has 0 spiro atoms. The van der Waals surface area contributed by atoms with E-state index in [9.17, 15) is 13.9 Å². The average Bonchev–Trinajstić information content (AvgIpc) is 3.18. The van der Waals surface area contributed by atoms with E-state index in [1.54, 1.807) is 6.20 Å². The Labute approximate surface area is 170 Å². The van der Waals surface area contributed by atoms with Gasteiger partial charge >= 0.3 is 0 Å². The predicted molar refractivity (Wildman–Crippen MR) is 103 cm³/mol. The number of anilines is 2. The highest BCUT2D eigenvalue weighted by Crippen LogP contribution is 2.27. The van der Waals surface area contributed by atoms with Crippen LogP contribution in [0.4, 0.5) is 20.4 Å². The first kappa shape index (κ1) is 21.4. The molecule has 0 fully saturated rings. The van der Waals surface area contributed by atoms with Crippen molar-refractivity contribution in [3.63, 3.8) is 0 Å². The van der Waals surface area contributed by atoms with Gasteiger partial charge in [-0.15, -0.1) is 0 Å². The Morgan fingerprint density at radius 1 is 1.20 bits per heavy atom. The van der Waals surface area contributed by atoms with Crippen LogP contribution in [0.2, 0.25) is 0 Å². The second kappa shape index (κ2) is 9.46. The van der Waals surface area contributed by atoms with Crippen LogP contribution >= 0.6 is 0 Å². The number of halogens is 2. The van der Waals surface area contributed by atoms with Crippen molar-refractivity contribution in [1.82, 2.24) is 19.7 Å². The molecule has 1 atom stereocenters. The Balaban J connectivity index is 1.63. The van der Waals surface area contributed by atoms with Gasteiger partial charge in [0.05, 0.1) is 56.2 Å². The number of hydrogen-bond donors (Lipinski definition) is 3. The minimum absolute atomic E-state index is 0.0599. The lowest BCUT2D eigenvalue weighted by Gasteiger charge is -2.12. The standard InChI is InChI=1S/C19H21F2N5O4/c1-11-3-16(29-2)18(21)15(17(11)20)10-30-14-5-22-19(23-6-14)25-12-4-24-26(7-12)8-13(28)9-27/h3-7,13,27-28H,8-10H2,1-2H3,(H,22,23,25)/t13-/m0/s1. The van der Waals surface area contributed by atoms with Crippen LogP contribution < -0.4 is 14.8 Å². The summed E-state index contributed by atoms with van der Waals surface area (Å²) in [6.07, 6.45) is 4.93. The fourth-order valence-corrected chi connectivity index (χ4v) is 2.62. The van der Waals surface area contributed by atoms with Gasteiger partial charge in [0, 0.05) is 6.20 Å². The maximum Gasteiger partial charge on any atom is 0.227 e. The van der Waals surface area contributed by atoms with Gasteiger partial charge in [0.2, 0.25) is 5.95 Å². The number of aliphatic hydroxyl groups is 2. The molecular formula is C19H21F2N5O4. The SMILES string of the molecule is COc1cc(C)c(F)c(COc2cnc(Nc3cnn(C[C@H](O)CO)c3)nc2)c1F. The number of ether oxygens (including phenoxy) is 2. The fraction of sp³-hybridized carbons (Fsp3) is 0.316. The molecule has 1 aromatic carbocycles.